The molecule has 0 aliphatic carbocycles. The van der Waals surface area contributed by atoms with Crippen LogP contribution in [0.5, 0.6) is 0 Å². The maximum Gasteiger partial charge on any atom is 0.315 e. The molecule has 122 valence electrons. The van der Waals surface area contributed by atoms with E-state index < -0.39 is 5.97 Å². The maximum absolute atomic E-state index is 11.8. The SMILES string of the molecule is CCCN1CCC(NC(=O)NCC(C)CCC(=O)O)CC1. The quantitative estimate of drug-likeness (QED) is 0.636. The third-order valence-corrected chi connectivity index (χ3v) is 3.92. The van der Waals surface area contributed by atoms with Gasteiger partial charge in [0, 0.05) is 32.1 Å². The third kappa shape index (κ3) is 7.90. The minimum Gasteiger partial charge on any atom is -0.481 e. The molecule has 0 aromatic carbocycles. The molecule has 1 aliphatic rings. The number of aliphatic carboxylic acids is 1. The summed E-state index contributed by atoms with van der Waals surface area (Å²) in [5.74, 6) is -0.608. The zero-order valence-corrected chi connectivity index (χ0v) is 13.2. The fourth-order valence-corrected chi connectivity index (χ4v) is 2.59. The Balaban J connectivity index is 2.12. The summed E-state index contributed by atoms with van der Waals surface area (Å²) in [6.45, 7) is 7.89. The molecular formula is C15H29N3O3. The first-order valence-electron chi connectivity index (χ1n) is 7.99. The first-order chi connectivity index (χ1) is 10.0. The summed E-state index contributed by atoms with van der Waals surface area (Å²) in [5, 5.41) is 14.5. The number of carboxylic acid groups (broad SMARTS) is 1. The number of carboxylic acids is 1. The number of nitrogens with zero attached hydrogens (tertiary/aromatic N) is 1. The van der Waals surface area contributed by atoms with Crippen molar-refractivity contribution >= 4 is 12.0 Å². The standard InChI is InChI=1S/C15H29N3O3/c1-3-8-18-9-6-13(7-10-18)17-15(21)16-11-12(2)4-5-14(19)20/h12-13H,3-11H2,1-2H3,(H,19,20)(H2,16,17,21). The first-order valence-corrected chi connectivity index (χ1v) is 7.99. The molecule has 2 amide bonds. The molecule has 0 saturated carbocycles. The van der Waals surface area contributed by atoms with Crippen LogP contribution in [0.15, 0.2) is 0 Å². The molecule has 1 unspecified atom stereocenters. The van der Waals surface area contributed by atoms with Crippen LogP contribution in [-0.4, -0.2) is 54.2 Å². The Morgan fingerprint density at radius 2 is 2.00 bits per heavy atom. The molecule has 1 saturated heterocycles. The highest BCUT2D eigenvalue weighted by molar-refractivity contribution is 5.74. The van der Waals surface area contributed by atoms with Gasteiger partial charge in [-0.2, -0.15) is 0 Å². The van der Waals surface area contributed by atoms with E-state index in [0.29, 0.717) is 13.0 Å². The Hall–Kier alpha value is -1.30. The zero-order chi connectivity index (χ0) is 15.7. The van der Waals surface area contributed by atoms with Crippen LogP contribution in [0.2, 0.25) is 0 Å². The number of hydrogen-bond acceptors (Lipinski definition) is 3. The van der Waals surface area contributed by atoms with Crippen LogP contribution in [0.3, 0.4) is 0 Å². The Morgan fingerprint density at radius 1 is 1.33 bits per heavy atom. The average molecular weight is 299 g/mol. The molecule has 0 spiro atoms. The molecule has 1 heterocycles. The fraction of sp³-hybridized carbons (Fsp3) is 0.867. The second-order valence-corrected chi connectivity index (χ2v) is 6.01. The number of nitrogens with one attached hydrogen (secondary N) is 2. The number of amides is 2. The van der Waals surface area contributed by atoms with E-state index in [9.17, 15) is 9.59 Å². The number of carbonyl (C=O) groups is 2. The lowest BCUT2D eigenvalue weighted by atomic mass is 10.0. The van der Waals surface area contributed by atoms with Crippen LogP contribution in [0.4, 0.5) is 4.79 Å². The predicted octanol–water partition coefficient (Wildman–Crippen LogP) is 1.66. The third-order valence-electron chi connectivity index (χ3n) is 3.92. The minimum absolute atomic E-state index is 0.133. The molecule has 1 fully saturated rings. The van der Waals surface area contributed by atoms with Gasteiger partial charge in [0.1, 0.15) is 0 Å². The van der Waals surface area contributed by atoms with Gasteiger partial charge in [-0.3, -0.25) is 4.79 Å². The van der Waals surface area contributed by atoms with Gasteiger partial charge in [-0.25, -0.2) is 4.79 Å². The van der Waals surface area contributed by atoms with E-state index in [0.717, 1.165) is 32.5 Å². The Morgan fingerprint density at radius 3 is 2.57 bits per heavy atom. The lowest BCUT2D eigenvalue weighted by Gasteiger charge is -2.32. The van der Waals surface area contributed by atoms with Crippen LogP contribution < -0.4 is 10.6 Å². The highest BCUT2D eigenvalue weighted by atomic mass is 16.4. The van der Waals surface area contributed by atoms with Crippen molar-refractivity contribution in [3.8, 4) is 0 Å². The molecule has 3 N–H and O–H groups in total. The van der Waals surface area contributed by atoms with Gasteiger partial charge in [0.15, 0.2) is 0 Å². The second-order valence-electron chi connectivity index (χ2n) is 6.01. The summed E-state index contributed by atoms with van der Waals surface area (Å²) in [7, 11) is 0. The van der Waals surface area contributed by atoms with Gasteiger partial charge in [0.2, 0.25) is 0 Å². The minimum atomic E-state index is -0.787. The molecule has 6 nitrogen and oxygen atoms in total. The highest BCUT2D eigenvalue weighted by Crippen LogP contribution is 2.10. The number of hydrogen-bond donors (Lipinski definition) is 3. The zero-order valence-electron chi connectivity index (χ0n) is 13.2. The predicted molar refractivity (Wildman–Crippen MR) is 82.3 cm³/mol. The molecular weight excluding hydrogens is 270 g/mol. The van der Waals surface area contributed by atoms with Gasteiger partial charge < -0.3 is 20.6 Å². The van der Waals surface area contributed by atoms with E-state index in [4.69, 9.17) is 5.11 Å². The van der Waals surface area contributed by atoms with Gasteiger partial charge in [-0.1, -0.05) is 13.8 Å². The average Bonchev–Trinajstić information content (AvgIpc) is 2.45. The van der Waals surface area contributed by atoms with Crippen molar-refractivity contribution in [2.24, 2.45) is 5.92 Å². The summed E-state index contributed by atoms with van der Waals surface area (Å²) in [4.78, 5) is 24.7. The van der Waals surface area contributed by atoms with Crippen LogP contribution in [0.25, 0.3) is 0 Å². The summed E-state index contributed by atoms with van der Waals surface area (Å²) in [5.41, 5.74) is 0. The second kappa shape index (κ2) is 9.60. The molecule has 0 aromatic heterocycles. The lowest BCUT2D eigenvalue weighted by molar-refractivity contribution is -0.137. The van der Waals surface area contributed by atoms with Gasteiger partial charge in [0.25, 0.3) is 0 Å². The first kappa shape index (κ1) is 17.8. The van der Waals surface area contributed by atoms with E-state index in [1.165, 1.54) is 6.42 Å². The smallest absolute Gasteiger partial charge is 0.315 e. The molecule has 0 bridgehead atoms. The van der Waals surface area contributed by atoms with E-state index in [1.807, 2.05) is 6.92 Å². The topological polar surface area (TPSA) is 81.7 Å². The summed E-state index contributed by atoms with van der Waals surface area (Å²) < 4.78 is 0. The Kier molecular flexibility index (Phi) is 8.12. The number of carbonyl (C=O) groups excluding carboxylic acids is 1. The van der Waals surface area contributed by atoms with E-state index in [-0.39, 0.29) is 24.4 Å². The molecule has 0 radical (unpaired) electrons. The number of urea groups is 1. The Labute approximate surface area is 127 Å². The summed E-state index contributed by atoms with van der Waals surface area (Å²) in [6.07, 6.45) is 3.92. The van der Waals surface area contributed by atoms with Gasteiger partial charge in [0.05, 0.1) is 0 Å². The maximum atomic E-state index is 11.8. The van der Waals surface area contributed by atoms with Crippen LogP contribution in [0, 0.1) is 5.92 Å². The van der Waals surface area contributed by atoms with Gasteiger partial charge in [-0.05, 0) is 38.1 Å². The summed E-state index contributed by atoms with van der Waals surface area (Å²) in [6, 6.07) is 0.124. The van der Waals surface area contributed by atoms with Crippen molar-refractivity contribution in [3.05, 3.63) is 0 Å². The summed E-state index contributed by atoms with van der Waals surface area (Å²) >= 11 is 0. The molecule has 1 rings (SSSR count). The van der Waals surface area contributed by atoms with Crippen molar-refractivity contribution in [1.82, 2.24) is 15.5 Å². The normalized spacial score (nSPS) is 18.2. The monoisotopic (exact) mass is 299 g/mol. The largest absolute Gasteiger partial charge is 0.481 e. The van der Waals surface area contributed by atoms with Crippen LogP contribution >= 0.6 is 0 Å². The number of rotatable bonds is 8. The molecule has 0 aromatic rings. The Bertz CT molecular complexity index is 328. The molecule has 6 heteroatoms. The number of piperidine rings is 1. The van der Waals surface area contributed by atoms with Crippen molar-refractivity contribution < 1.29 is 14.7 Å². The molecule has 21 heavy (non-hydrogen) atoms. The van der Waals surface area contributed by atoms with Crippen molar-refractivity contribution in [2.45, 2.75) is 52.0 Å². The highest BCUT2D eigenvalue weighted by Gasteiger charge is 2.20. The lowest BCUT2D eigenvalue weighted by Crippen LogP contribution is -2.48. The van der Waals surface area contributed by atoms with Crippen LogP contribution in [-0.2, 0) is 4.79 Å². The van der Waals surface area contributed by atoms with Gasteiger partial charge in [-0.15, -0.1) is 0 Å². The van der Waals surface area contributed by atoms with Crippen LogP contribution in [0.1, 0.15) is 46.0 Å². The van der Waals surface area contributed by atoms with Crippen molar-refractivity contribution in [3.63, 3.8) is 0 Å². The van der Waals surface area contributed by atoms with E-state index >= 15 is 0 Å². The molecule has 1 aliphatic heterocycles. The van der Waals surface area contributed by atoms with Gasteiger partial charge >= 0.3 is 12.0 Å². The van der Waals surface area contributed by atoms with E-state index in [1.54, 1.807) is 0 Å². The molecule has 1 atom stereocenters. The number of likely N-dealkylation sites (tertiary alicyclic amines) is 1. The van der Waals surface area contributed by atoms with Crippen molar-refractivity contribution in [2.75, 3.05) is 26.2 Å². The van der Waals surface area contributed by atoms with Crippen molar-refractivity contribution in [1.29, 1.82) is 0 Å². The van der Waals surface area contributed by atoms with E-state index in [2.05, 4.69) is 22.5 Å². The fourth-order valence-electron chi connectivity index (χ4n) is 2.59.